The molecule has 2 aromatic carbocycles. The molecule has 0 spiro atoms. The summed E-state index contributed by atoms with van der Waals surface area (Å²) in [6, 6.07) is 8.37. The van der Waals surface area contributed by atoms with Crippen molar-refractivity contribution in [2.45, 2.75) is 6.42 Å². The monoisotopic (exact) mass is 314 g/mol. The lowest BCUT2D eigenvalue weighted by molar-refractivity contribution is 0.448. The molecular weight excluding hydrogens is 296 g/mol. The normalized spacial score (nSPS) is 12.3. The number of phenols is 4. The highest BCUT2D eigenvalue weighted by Crippen LogP contribution is 2.26. The summed E-state index contributed by atoms with van der Waals surface area (Å²) in [4.78, 5) is 0. The van der Waals surface area contributed by atoms with E-state index < -0.39 is 0 Å². The lowest BCUT2D eigenvalue weighted by Crippen LogP contribution is -2.04. The first-order valence-electron chi connectivity index (χ1n) is 6.81. The predicted molar refractivity (Wildman–Crippen MR) is 88.5 cm³/mol. The van der Waals surface area contributed by atoms with Gasteiger partial charge >= 0.3 is 0 Å². The van der Waals surface area contributed by atoms with Crippen molar-refractivity contribution in [2.75, 3.05) is 0 Å². The molecule has 0 aliphatic heterocycles. The molecule has 6 heteroatoms. The Morgan fingerprint density at radius 2 is 1.13 bits per heavy atom. The molecular formula is C17H18N2O4. The largest absolute Gasteiger partial charge is 0.508 e. The third kappa shape index (κ3) is 4.34. The van der Waals surface area contributed by atoms with Crippen LogP contribution in [-0.2, 0) is 0 Å². The number of rotatable bonds is 4. The van der Waals surface area contributed by atoms with Gasteiger partial charge in [-0.3, -0.25) is 0 Å². The van der Waals surface area contributed by atoms with Crippen molar-refractivity contribution in [3.63, 3.8) is 0 Å². The molecule has 0 heterocycles. The smallest absolute Gasteiger partial charge is 0.126 e. The standard InChI is InChI=1S/C17H18N2O4/c18-12(5-10-1-3-14(20)8-16(10)22)7-13(19)6-11-2-4-15(21)9-17(11)23/h1-6,8-9,20-23H,7,18-19H2/b12-5+,13-6+. The van der Waals surface area contributed by atoms with Crippen molar-refractivity contribution in [3.8, 4) is 23.0 Å². The van der Waals surface area contributed by atoms with Gasteiger partial charge in [-0.1, -0.05) is 0 Å². The predicted octanol–water partition coefficient (Wildman–Crippen LogP) is 2.20. The number of benzene rings is 2. The van der Waals surface area contributed by atoms with E-state index in [-0.39, 0.29) is 29.4 Å². The zero-order valence-electron chi connectivity index (χ0n) is 12.3. The fourth-order valence-corrected chi connectivity index (χ4v) is 2.05. The van der Waals surface area contributed by atoms with E-state index in [0.29, 0.717) is 22.5 Å². The Morgan fingerprint density at radius 1 is 0.739 bits per heavy atom. The third-order valence-corrected chi connectivity index (χ3v) is 3.12. The molecule has 2 aromatic rings. The van der Waals surface area contributed by atoms with E-state index in [2.05, 4.69) is 0 Å². The van der Waals surface area contributed by atoms with Crippen LogP contribution in [0, 0.1) is 0 Å². The van der Waals surface area contributed by atoms with Crippen LogP contribution < -0.4 is 11.5 Å². The van der Waals surface area contributed by atoms with E-state index in [1.54, 1.807) is 12.2 Å². The van der Waals surface area contributed by atoms with E-state index >= 15 is 0 Å². The Labute approximate surface area is 133 Å². The molecule has 8 N–H and O–H groups in total. The van der Waals surface area contributed by atoms with Crippen LogP contribution in [0.15, 0.2) is 47.8 Å². The van der Waals surface area contributed by atoms with E-state index in [1.807, 2.05) is 0 Å². The van der Waals surface area contributed by atoms with Crippen LogP contribution in [-0.4, -0.2) is 20.4 Å². The fraction of sp³-hybridized carbons (Fsp3) is 0.0588. The molecule has 0 aliphatic rings. The van der Waals surface area contributed by atoms with Gasteiger partial charge in [0.05, 0.1) is 0 Å². The molecule has 0 atom stereocenters. The van der Waals surface area contributed by atoms with Gasteiger partial charge in [0.2, 0.25) is 0 Å². The van der Waals surface area contributed by atoms with Gasteiger partial charge in [-0.05, 0) is 36.4 Å². The molecule has 2 rings (SSSR count). The molecule has 0 amide bonds. The molecule has 0 aliphatic carbocycles. The minimum Gasteiger partial charge on any atom is -0.508 e. The Kier molecular flexibility index (Phi) is 4.66. The van der Waals surface area contributed by atoms with Crippen LogP contribution in [0.3, 0.4) is 0 Å². The number of hydrogen-bond acceptors (Lipinski definition) is 6. The quantitative estimate of drug-likeness (QED) is 0.512. The highest BCUT2D eigenvalue weighted by atomic mass is 16.3. The molecule has 0 saturated heterocycles. The number of phenolic OH excluding ortho intramolecular Hbond substituents is 4. The minimum absolute atomic E-state index is 0.0413. The van der Waals surface area contributed by atoms with Gasteiger partial charge in [-0.2, -0.15) is 0 Å². The highest BCUT2D eigenvalue weighted by Gasteiger charge is 2.04. The summed E-state index contributed by atoms with van der Waals surface area (Å²) in [6.45, 7) is 0. The maximum absolute atomic E-state index is 9.71. The van der Waals surface area contributed by atoms with Crippen molar-refractivity contribution in [2.24, 2.45) is 11.5 Å². The van der Waals surface area contributed by atoms with Gasteiger partial charge in [0.1, 0.15) is 23.0 Å². The van der Waals surface area contributed by atoms with Crippen molar-refractivity contribution in [1.29, 1.82) is 0 Å². The summed E-state index contributed by atoms with van der Waals surface area (Å²) in [6.07, 6.45) is 3.32. The van der Waals surface area contributed by atoms with Crippen LogP contribution in [0.25, 0.3) is 12.2 Å². The van der Waals surface area contributed by atoms with Gasteiger partial charge in [0, 0.05) is 41.1 Å². The first-order valence-corrected chi connectivity index (χ1v) is 6.81. The maximum Gasteiger partial charge on any atom is 0.126 e. The topological polar surface area (TPSA) is 133 Å². The summed E-state index contributed by atoms with van der Waals surface area (Å²) >= 11 is 0. The van der Waals surface area contributed by atoms with Crippen molar-refractivity contribution < 1.29 is 20.4 Å². The molecule has 0 bridgehead atoms. The van der Waals surface area contributed by atoms with Gasteiger partial charge in [0.25, 0.3) is 0 Å². The van der Waals surface area contributed by atoms with Crippen LogP contribution >= 0.6 is 0 Å². The Hall–Kier alpha value is -3.28. The lowest BCUT2D eigenvalue weighted by Gasteiger charge is -2.06. The Bertz CT molecular complexity index is 717. The van der Waals surface area contributed by atoms with E-state index in [0.717, 1.165) is 0 Å². The molecule has 6 nitrogen and oxygen atoms in total. The zero-order valence-corrected chi connectivity index (χ0v) is 12.3. The molecule has 0 unspecified atom stereocenters. The second-order valence-electron chi connectivity index (χ2n) is 5.10. The second-order valence-corrected chi connectivity index (χ2v) is 5.10. The van der Waals surface area contributed by atoms with Crippen molar-refractivity contribution in [1.82, 2.24) is 0 Å². The van der Waals surface area contributed by atoms with E-state index in [4.69, 9.17) is 11.5 Å². The fourth-order valence-electron chi connectivity index (χ4n) is 2.05. The van der Waals surface area contributed by atoms with E-state index in [9.17, 15) is 20.4 Å². The first kappa shape index (κ1) is 16.1. The number of nitrogens with two attached hydrogens (primary N) is 2. The molecule has 120 valence electrons. The van der Waals surface area contributed by atoms with E-state index in [1.165, 1.54) is 36.4 Å². The Morgan fingerprint density at radius 3 is 1.48 bits per heavy atom. The van der Waals surface area contributed by atoms with Crippen molar-refractivity contribution in [3.05, 3.63) is 58.9 Å². The number of hydrogen-bond donors (Lipinski definition) is 6. The first-order chi connectivity index (χ1) is 10.8. The van der Waals surface area contributed by atoms with Crippen LogP contribution in [0.2, 0.25) is 0 Å². The third-order valence-electron chi connectivity index (χ3n) is 3.12. The second kappa shape index (κ2) is 6.65. The molecule has 0 radical (unpaired) electrons. The highest BCUT2D eigenvalue weighted by molar-refractivity contribution is 5.63. The van der Waals surface area contributed by atoms with Gasteiger partial charge < -0.3 is 31.9 Å². The lowest BCUT2D eigenvalue weighted by atomic mass is 10.1. The van der Waals surface area contributed by atoms with Crippen molar-refractivity contribution >= 4 is 12.2 Å². The maximum atomic E-state index is 9.71. The Balaban J connectivity index is 2.16. The average molecular weight is 314 g/mol. The minimum atomic E-state index is -0.0910. The summed E-state index contributed by atoms with van der Waals surface area (Å²) < 4.78 is 0. The summed E-state index contributed by atoms with van der Waals surface area (Å²) in [5, 5.41) is 37.9. The van der Waals surface area contributed by atoms with Gasteiger partial charge in [-0.15, -0.1) is 0 Å². The van der Waals surface area contributed by atoms with Crippen LogP contribution in [0.5, 0.6) is 23.0 Å². The summed E-state index contributed by atoms with van der Waals surface area (Å²) in [5.74, 6) is -0.265. The van der Waals surface area contributed by atoms with Crippen LogP contribution in [0.4, 0.5) is 0 Å². The molecule has 0 aromatic heterocycles. The molecule has 23 heavy (non-hydrogen) atoms. The SMILES string of the molecule is N/C(=C/c1ccc(O)cc1O)C/C(N)=C\c1ccc(O)cc1O. The van der Waals surface area contributed by atoms with Gasteiger partial charge in [-0.25, -0.2) is 0 Å². The molecule has 0 fully saturated rings. The number of aromatic hydroxyl groups is 4. The summed E-state index contributed by atoms with van der Waals surface area (Å²) in [7, 11) is 0. The summed E-state index contributed by atoms with van der Waals surface area (Å²) in [5.41, 5.74) is 13.5. The molecule has 0 saturated carbocycles. The van der Waals surface area contributed by atoms with Gasteiger partial charge in [0.15, 0.2) is 0 Å². The zero-order chi connectivity index (χ0) is 17.0. The van der Waals surface area contributed by atoms with Crippen LogP contribution in [0.1, 0.15) is 17.5 Å². The average Bonchev–Trinajstić information content (AvgIpc) is 2.45.